The van der Waals surface area contributed by atoms with Gasteiger partial charge in [0, 0.05) is 0 Å². The molecule has 2 amide bonds. The molecule has 1 aromatic rings. The van der Waals surface area contributed by atoms with E-state index in [4.69, 9.17) is 20.6 Å². The van der Waals surface area contributed by atoms with E-state index in [0.717, 1.165) is 16.7 Å². The number of nitrogens with zero attached hydrogens (tertiary/aromatic N) is 1. The van der Waals surface area contributed by atoms with Gasteiger partial charge in [0.05, 0.1) is 18.6 Å². The van der Waals surface area contributed by atoms with Gasteiger partial charge >= 0.3 is 5.97 Å². The van der Waals surface area contributed by atoms with Crippen molar-refractivity contribution < 1.29 is 28.6 Å². The van der Waals surface area contributed by atoms with Crippen LogP contribution >= 0.6 is 11.8 Å². The fraction of sp³-hybridized carbons (Fsp3) is 0.316. The van der Waals surface area contributed by atoms with Gasteiger partial charge in [0.1, 0.15) is 12.6 Å². The monoisotopic (exact) mass is 389 g/mol. The van der Waals surface area contributed by atoms with Crippen LogP contribution in [0, 0.1) is 12.3 Å². The topological polar surface area (TPSA) is 82.1 Å². The molecule has 1 aliphatic rings. The SMILES string of the molecule is C#CCOc1ccc(C=C2SC(=O)N(C(C)C(=O)OCC)C2=O)cc1OC. The second kappa shape index (κ2) is 9.14. The first-order valence-electron chi connectivity index (χ1n) is 8.10. The number of hydrogen-bond donors (Lipinski definition) is 0. The molecule has 0 bridgehead atoms. The fourth-order valence-corrected chi connectivity index (χ4v) is 3.25. The van der Waals surface area contributed by atoms with Crippen LogP contribution in [0.1, 0.15) is 19.4 Å². The lowest BCUT2D eigenvalue weighted by Crippen LogP contribution is -2.42. The number of terminal acetylenes is 1. The van der Waals surface area contributed by atoms with Crippen molar-refractivity contribution in [2.24, 2.45) is 0 Å². The normalized spacial score (nSPS) is 16.2. The molecule has 1 heterocycles. The third kappa shape index (κ3) is 4.63. The molecular formula is C19H19NO6S. The van der Waals surface area contributed by atoms with Gasteiger partial charge in [0.25, 0.3) is 11.1 Å². The number of carbonyl (C=O) groups is 3. The van der Waals surface area contributed by atoms with E-state index in [1.54, 1.807) is 31.2 Å². The Morgan fingerprint density at radius 2 is 2.11 bits per heavy atom. The van der Waals surface area contributed by atoms with Crippen molar-refractivity contribution in [1.82, 2.24) is 4.90 Å². The van der Waals surface area contributed by atoms with Gasteiger partial charge in [-0.15, -0.1) is 6.42 Å². The summed E-state index contributed by atoms with van der Waals surface area (Å²) in [5.41, 5.74) is 0.634. The zero-order chi connectivity index (χ0) is 20.0. The van der Waals surface area contributed by atoms with Crippen LogP contribution in [0.4, 0.5) is 4.79 Å². The first-order chi connectivity index (χ1) is 12.9. The first kappa shape index (κ1) is 20.4. The van der Waals surface area contributed by atoms with Crippen molar-refractivity contribution in [1.29, 1.82) is 0 Å². The highest BCUT2D eigenvalue weighted by molar-refractivity contribution is 8.18. The van der Waals surface area contributed by atoms with Gasteiger partial charge in [-0.25, -0.2) is 4.79 Å². The molecule has 1 unspecified atom stereocenters. The van der Waals surface area contributed by atoms with E-state index in [1.165, 1.54) is 14.0 Å². The number of benzene rings is 1. The standard InChI is InChI=1S/C19H19NO6S/c1-5-9-26-14-8-7-13(10-15(14)24-4)11-16-17(21)20(19(23)27-16)12(3)18(22)25-6-2/h1,7-8,10-12H,6,9H2,2-4H3. The molecule has 0 N–H and O–H groups in total. The minimum atomic E-state index is -0.988. The Labute approximate surface area is 161 Å². The Kier molecular flexibility index (Phi) is 6.91. The fourth-order valence-electron chi connectivity index (χ4n) is 2.35. The van der Waals surface area contributed by atoms with Crippen LogP contribution in [0.2, 0.25) is 0 Å². The van der Waals surface area contributed by atoms with Crippen LogP contribution < -0.4 is 9.47 Å². The van der Waals surface area contributed by atoms with E-state index in [0.29, 0.717) is 17.1 Å². The van der Waals surface area contributed by atoms with E-state index in [1.807, 2.05) is 0 Å². The number of carbonyl (C=O) groups excluding carboxylic acids is 3. The molecule has 0 aliphatic carbocycles. The minimum Gasteiger partial charge on any atom is -0.493 e. The van der Waals surface area contributed by atoms with Crippen molar-refractivity contribution in [3.63, 3.8) is 0 Å². The predicted molar refractivity (Wildman–Crippen MR) is 101 cm³/mol. The third-order valence-corrected chi connectivity index (χ3v) is 4.52. The molecule has 1 aromatic carbocycles. The second-order valence-corrected chi connectivity index (χ2v) is 6.38. The van der Waals surface area contributed by atoms with E-state index in [9.17, 15) is 14.4 Å². The van der Waals surface area contributed by atoms with E-state index in [-0.39, 0.29) is 18.1 Å². The van der Waals surface area contributed by atoms with E-state index >= 15 is 0 Å². The van der Waals surface area contributed by atoms with Crippen LogP contribution in [0.3, 0.4) is 0 Å². The van der Waals surface area contributed by atoms with E-state index < -0.39 is 23.2 Å². The molecule has 7 nitrogen and oxygen atoms in total. The summed E-state index contributed by atoms with van der Waals surface area (Å²) in [5, 5.41) is -0.521. The second-order valence-electron chi connectivity index (χ2n) is 5.38. The van der Waals surface area contributed by atoms with Gasteiger partial charge in [0.2, 0.25) is 0 Å². The molecule has 1 fully saturated rings. The first-order valence-corrected chi connectivity index (χ1v) is 8.92. The predicted octanol–water partition coefficient (Wildman–Crippen LogP) is 2.70. The number of ether oxygens (including phenoxy) is 3. The highest BCUT2D eigenvalue weighted by Gasteiger charge is 2.41. The highest BCUT2D eigenvalue weighted by atomic mass is 32.2. The van der Waals surface area contributed by atoms with Crippen LogP contribution in [0.15, 0.2) is 23.1 Å². The summed E-state index contributed by atoms with van der Waals surface area (Å²) < 4.78 is 15.5. The van der Waals surface area contributed by atoms with E-state index in [2.05, 4.69) is 5.92 Å². The summed E-state index contributed by atoms with van der Waals surface area (Å²) >= 11 is 0.764. The summed E-state index contributed by atoms with van der Waals surface area (Å²) in [6.07, 6.45) is 6.73. The van der Waals surface area contributed by atoms with Gasteiger partial charge < -0.3 is 14.2 Å². The largest absolute Gasteiger partial charge is 0.493 e. The van der Waals surface area contributed by atoms with Gasteiger partial charge in [-0.3, -0.25) is 14.5 Å². The van der Waals surface area contributed by atoms with Crippen molar-refractivity contribution >= 4 is 35.0 Å². The van der Waals surface area contributed by atoms with Gasteiger partial charge in [-0.1, -0.05) is 12.0 Å². The molecule has 1 aliphatic heterocycles. The van der Waals surface area contributed by atoms with Crippen LogP contribution in [-0.2, 0) is 14.3 Å². The number of imide groups is 1. The maximum atomic E-state index is 12.6. The number of thioether (sulfide) groups is 1. The molecule has 27 heavy (non-hydrogen) atoms. The lowest BCUT2D eigenvalue weighted by atomic mass is 10.1. The molecule has 1 saturated heterocycles. The van der Waals surface area contributed by atoms with Crippen LogP contribution in [0.25, 0.3) is 6.08 Å². The summed E-state index contributed by atoms with van der Waals surface area (Å²) in [6.45, 7) is 3.38. The van der Waals surface area contributed by atoms with Crippen molar-refractivity contribution in [3.05, 3.63) is 28.7 Å². The Bertz CT molecular complexity index is 826. The average molecular weight is 389 g/mol. The van der Waals surface area contributed by atoms with Crippen LogP contribution in [-0.4, -0.2) is 48.4 Å². The van der Waals surface area contributed by atoms with Gasteiger partial charge in [0.15, 0.2) is 11.5 Å². The Morgan fingerprint density at radius 1 is 1.37 bits per heavy atom. The Balaban J connectivity index is 2.25. The summed E-state index contributed by atoms with van der Waals surface area (Å²) in [4.78, 5) is 37.7. The number of esters is 1. The lowest BCUT2D eigenvalue weighted by Gasteiger charge is -2.19. The zero-order valence-corrected chi connectivity index (χ0v) is 16.0. The zero-order valence-electron chi connectivity index (χ0n) is 15.2. The smallest absolute Gasteiger partial charge is 0.329 e. The summed E-state index contributed by atoms with van der Waals surface area (Å²) in [5.74, 6) is 2.11. The maximum Gasteiger partial charge on any atom is 0.329 e. The molecule has 1 atom stereocenters. The van der Waals surface area contributed by atoms with Gasteiger partial charge in [-0.2, -0.15) is 0 Å². The van der Waals surface area contributed by atoms with Crippen molar-refractivity contribution in [2.75, 3.05) is 20.3 Å². The number of rotatable bonds is 7. The Morgan fingerprint density at radius 3 is 2.74 bits per heavy atom. The number of hydrogen-bond acceptors (Lipinski definition) is 7. The molecule has 2 rings (SSSR count). The summed E-state index contributed by atoms with van der Waals surface area (Å²) in [7, 11) is 1.48. The highest BCUT2D eigenvalue weighted by Crippen LogP contribution is 2.35. The minimum absolute atomic E-state index is 0.0976. The molecule has 8 heteroatoms. The van der Waals surface area contributed by atoms with Crippen molar-refractivity contribution in [3.8, 4) is 23.8 Å². The van der Waals surface area contributed by atoms with Crippen molar-refractivity contribution in [2.45, 2.75) is 19.9 Å². The van der Waals surface area contributed by atoms with Gasteiger partial charge in [-0.05, 0) is 49.4 Å². The number of methoxy groups -OCH3 is 1. The molecule has 0 spiro atoms. The lowest BCUT2D eigenvalue weighted by molar-refractivity contribution is -0.150. The maximum absolute atomic E-state index is 12.6. The quantitative estimate of drug-likeness (QED) is 0.403. The molecule has 0 aromatic heterocycles. The summed E-state index contributed by atoms with van der Waals surface area (Å²) in [6, 6.07) is 4.04. The number of amides is 2. The molecule has 0 saturated carbocycles. The molecule has 0 radical (unpaired) electrons. The molecular weight excluding hydrogens is 370 g/mol. The third-order valence-electron chi connectivity index (χ3n) is 3.64. The Hall–Kier alpha value is -2.92. The average Bonchev–Trinajstić information content (AvgIpc) is 2.93. The molecule has 142 valence electrons. The van der Waals surface area contributed by atoms with Crippen LogP contribution in [0.5, 0.6) is 11.5 Å².